The number of primary amides is 1. The fraction of sp³-hybridized carbons (Fsp3) is 0.438. The van der Waals surface area contributed by atoms with Crippen LogP contribution >= 0.6 is 11.6 Å². The first-order valence-electron chi connectivity index (χ1n) is 6.68. The van der Waals surface area contributed by atoms with Gasteiger partial charge in [-0.05, 0) is 26.7 Å². The summed E-state index contributed by atoms with van der Waals surface area (Å²) >= 11 is 6.38. The van der Waals surface area contributed by atoms with Gasteiger partial charge in [0, 0.05) is 16.2 Å². The summed E-state index contributed by atoms with van der Waals surface area (Å²) in [5.41, 5.74) is 7.73. The van der Waals surface area contributed by atoms with Crippen molar-refractivity contribution < 1.29 is 4.79 Å². The highest BCUT2D eigenvalue weighted by Crippen LogP contribution is 2.28. The molecule has 0 aliphatic carbocycles. The smallest absolute Gasteiger partial charge is 0.249 e. The van der Waals surface area contributed by atoms with E-state index in [1.165, 1.54) is 0 Å². The third-order valence-electron chi connectivity index (χ3n) is 2.79. The van der Waals surface area contributed by atoms with Crippen molar-refractivity contribution in [3.8, 4) is 0 Å². The lowest BCUT2D eigenvalue weighted by atomic mass is 9.99. The van der Waals surface area contributed by atoms with Gasteiger partial charge >= 0.3 is 0 Å². The molecule has 0 bridgehead atoms. The van der Waals surface area contributed by atoms with Crippen molar-refractivity contribution in [3.63, 3.8) is 0 Å². The standard InChI is InChI=1S/C16H24ClNO/c1-5-8-10-13(15(17)12(4)7-3)14(16(18)19)11-9-6-2/h5,8,10-11H,6-7,9H2,1-4H3,(H2,18,19)/b8-5-,13-10-,14-11+,15-12-. The highest BCUT2D eigenvalue weighted by molar-refractivity contribution is 6.33. The number of hydrogen-bond acceptors (Lipinski definition) is 1. The number of rotatable bonds is 7. The fourth-order valence-electron chi connectivity index (χ4n) is 1.49. The minimum Gasteiger partial charge on any atom is -0.366 e. The molecule has 0 aromatic rings. The first-order valence-corrected chi connectivity index (χ1v) is 7.06. The van der Waals surface area contributed by atoms with Crippen molar-refractivity contribution in [2.75, 3.05) is 0 Å². The van der Waals surface area contributed by atoms with Crippen molar-refractivity contribution >= 4 is 17.5 Å². The van der Waals surface area contributed by atoms with Crippen LogP contribution in [0, 0.1) is 0 Å². The fourth-order valence-corrected chi connectivity index (χ4v) is 1.79. The molecular formula is C16H24ClNO. The molecule has 0 aliphatic heterocycles. The predicted octanol–water partition coefficient (Wildman–Crippen LogP) is 4.62. The average Bonchev–Trinajstić information content (AvgIpc) is 2.40. The van der Waals surface area contributed by atoms with Gasteiger partial charge in [-0.15, -0.1) is 0 Å². The first kappa shape index (κ1) is 17.7. The number of unbranched alkanes of at least 4 members (excludes halogenated alkanes) is 1. The van der Waals surface area contributed by atoms with Crippen molar-refractivity contribution in [1.82, 2.24) is 0 Å². The Morgan fingerprint density at radius 2 is 1.89 bits per heavy atom. The maximum atomic E-state index is 11.6. The summed E-state index contributed by atoms with van der Waals surface area (Å²) in [6, 6.07) is 0. The van der Waals surface area contributed by atoms with Gasteiger partial charge in [-0.25, -0.2) is 0 Å². The Hall–Kier alpha value is -1.28. The largest absolute Gasteiger partial charge is 0.366 e. The molecule has 0 atom stereocenters. The third-order valence-corrected chi connectivity index (χ3v) is 3.32. The molecule has 0 radical (unpaired) electrons. The number of allylic oxidation sites excluding steroid dienone is 6. The second-order valence-electron chi connectivity index (χ2n) is 4.32. The molecule has 0 spiro atoms. The van der Waals surface area contributed by atoms with Crippen molar-refractivity contribution in [1.29, 1.82) is 0 Å². The molecule has 0 heterocycles. The molecule has 0 fully saturated rings. The third kappa shape index (κ3) is 5.93. The van der Waals surface area contributed by atoms with Crippen molar-refractivity contribution in [3.05, 3.63) is 46.1 Å². The summed E-state index contributed by atoms with van der Waals surface area (Å²) in [7, 11) is 0. The lowest BCUT2D eigenvalue weighted by Crippen LogP contribution is -2.16. The van der Waals surface area contributed by atoms with E-state index < -0.39 is 5.91 Å². The van der Waals surface area contributed by atoms with Gasteiger partial charge in [0.1, 0.15) is 0 Å². The summed E-state index contributed by atoms with van der Waals surface area (Å²) in [5.74, 6) is -0.439. The molecule has 0 unspecified atom stereocenters. The molecule has 0 rings (SSSR count). The summed E-state index contributed by atoms with van der Waals surface area (Å²) in [6.07, 6.45) is 10.1. The summed E-state index contributed by atoms with van der Waals surface area (Å²) in [6.45, 7) is 7.96. The van der Waals surface area contributed by atoms with E-state index in [0.717, 1.165) is 24.8 Å². The quantitative estimate of drug-likeness (QED) is 0.537. The second kappa shape index (κ2) is 9.62. The van der Waals surface area contributed by atoms with E-state index in [2.05, 4.69) is 6.92 Å². The highest BCUT2D eigenvalue weighted by atomic mass is 35.5. The molecular weight excluding hydrogens is 258 g/mol. The van der Waals surface area contributed by atoms with Gasteiger partial charge in [0.25, 0.3) is 0 Å². The normalized spacial score (nSPS) is 14.8. The van der Waals surface area contributed by atoms with Gasteiger partial charge in [0.2, 0.25) is 5.91 Å². The van der Waals surface area contributed by atoms with E-state index in [1.807, 2.05) is 45.1 Å². The van der Waals surface area contributed by atoms with E-state index in [9.17, 15) is 4.79 Å². The minimum atomic E-state index is -0.439. The Balaban J connectivity index is 5.77. The lowest BCUT2D eigenvalue weighted by Gasteiger charge is -2.11. The number of halogens is 1. The number of nitrogens with two attached hydrogens (primary N) is 1. The van der Waals surface area contributed by atoms with Crippen LogP contribution < -0.4 is 5.73 Å². The van der Waals surface area contributed by atoms with Gasteiger partial charge < -0.3 is 5.73 Å². The number of carbonyl (C=O) groups excluding carboxylic acids is 1. The van der Waals surface area contributed by atoms with E-state index in [4.69, 9.17) is 17.3 Å². The van der Waals surface area contributed by atoms with E-state index in [0.29, 0.717) is 16.2 Å². The summed E-state index contributed by atoms with van der Waals surface area (Å²) in [5, 5.41) is 0.613. The van der Waals surface area contributed by atoms with Crippen LogP contribution in [0.3, 0.4) is 0 Å². The minimum absolute atomic E-state index is 0.439. The molecule has 2 N–H and O–H groups in total. The molecule has 19 heavy (non-hydrogen) atoms. The number of carbonyl (C=O) groups is 1. The summed E-state index contributed by atoms with van der Waals surface area (Å²) in [4.78, 5) is 11.6. The van der Waals surface area contributed by atoms with Crippen LogP contribution in [0.15, 0.2) is 46.1 Å². The average molecular weight is 282 g/mol. The zero-order chi connectivity index (χ0) is 14.8. The van der Waals surface area contributed by atoms with Crippen LogP contribution in [0.5, 0.6) is 0 Å². The number of amides is 1. The van der Waals surface area contributed by atoms with Gasteiger partial charge in [0.05, 0.1) is 0 Å². The topological polar surface area (TPSA) is 43.1 Å². The van der Waals surface area contributed by atoms with Crippen LogP contribution in [0.1, 0.15) is 47.0 Å². The summed E-state index contributed by atoms with van der Waals surface area (Å²) < 4.78 is 0. The molecule has 3 heteroatoms. The van der Waals surface area contributed by atoms with Gasteiger partial charge in [-0.3, -0.25) is 4.79 Å². The zero-order valence-corrected chi connectivity index (χ0v) is 13.1. The zero-order valence-electron chi connectivity index (χ0n) is 12.3. The molecule has 0 aromatic carbocycles. The van der Waals surface area contributed by atoms with Crippen LogP contribution in [0.25, 0.3) is 0 Å². The Labute approximate surface area is 121 Å². The van der Waals surface area contributed by atoms with Gasteiger partial charge in [-0.2, -0.15) is 0 Å². The monoisotopic (exact) mass is 281 g/mol. The maximum Gasteiger partial charge on any atom is 0.249 e. The van der Waals surface area contributed by atoms with E-state index in [-0.39, 0.29) is 0 Å². The SMILES string of the molecule is C\C=C/C=C(C(\Cl)=C(/C)CC)/C(=C\CCC)C(N)=O. The predicted molar refractivity (Wildman–Crippen MR) is 83.9 cm³/mol. The van der Waals surface area contributed by atoms with Crippen LogP contribution in [-0.2, 0) is 4.79 Å². The highest BCUT2D eigenvalue weighted by Gasteiger charge is 2.15. The van der Waals surface area contributed by atoms with Crippen LogP contribution in [0.2, 0.25) is 0 Å². The number of hydrogen-bond donors (Lipinski definition) is 1. The van der Waals surface area contributed by atoms with Gasteiger partial charge in [-0.1, -0.05) is 61.7 Å². The Kier molecular flexibility index (Phi) is 8.98. The second-order valence-corrected chi connectivity index (χ2v) is 4.70. The molecule has 0 saturated carbocycles. The van der Waals surface area contributed by atoms with Crippen LogP contribution in [0.4, 0.5) is 0 Å². The molecule has 106 valence electrons. The van der Waals surface area contributed by atoms with E-state index >= 15 is 0 Å². The van der Waals surface area contributed by atoms with Crippen molar-refractivity contribution in [2.45, 2.75) is 47.0 Å². The lowest BCUT2D eigenvalue weighted by molar-refractivity contribution is -0.114. The maximum absolute atomic E-state index is 11.6. The Bertz CT molecular complexity index is 428. The van der Waals surface area contributed by atoms with Crippen LogP contribution in [-0.4, -0.2) is 5.91 Å². The van der Waals surface area contributed by atoms with E-state index in [1.54, 1.807) is 0 Å². The Morgan fingerprint density at radius 3 is 2.32 bits per heavy atom. The Morgan fingerprint density at radius 1 is 1.26 bits per heavy atom. The molecule has 0 aliphatic rings. The molecule has 0 saturated heterocycles. The molecule has 0 aromatic heterocycles. The van der Waals surface area contributed by atoms with Crippen molar-refractivity contribution in [2.24, 2.45) is 5.73 Å². The molecule has 2 nitrogen and oxygen atoms in total. The molecule has 1 amide bonds. The van der Waals surface area contributed by atoms with Gasteiger partial charge in [0.15, 0.2) is 0 Å². The first-order chi connectivity index (χ1) is 8.99.